The Hall–Kier alpha value is -0.120. The van der Waals surface area contributed by atoms with Gasteiger partial charge in [0.05, 0.1) is 6.10 Å². The fraction of sp³-hybridized carbons (Fsp3) is 1.00. The molecule has 2 unspecified atom stereocenters. The Labute approximate surface area is 81.1 Å². The van der Waals surface area contributed by atoms with Crippen molar-refractivity contribution < 1.29 is 5.11 Å². The normalized spacial score (nSPS) is 26.5. The number of likely N-dealkylation sites (tertiary alicyclic amines) is 1. The second kappa shape index (κ2) is 5.58. The van der Waals surface area contributed by atoms with Crippen molar-refractivity contribution in [1.29, 1.82) is 0 Å². The van der Waals surface area contributed by atoms with Crippen LogP contribution < -0.4 is 5.32 Å². The molecule has 3 nitrogen and oxygen atoms in total. The van der Waals surface area contributed by atoms with Crippen molar-refractivity contribution in [2.75, 3.05) is 33.2 Å². The molecule has 13 heavy (non-hydrogen) atoms. The molecule has 1 aliphatic heterocycles. The van der Waals surface area contributed by atoms with E-state index in [2.05, 4.69) is 10.2 Å². The van der Waals surface area contributed by atoms with Crippen LogP contribution in [0.15, 0.2) is 0 Å². The molecule has 3 heteroatoms. The lowest BCUT2D eigenvalue weighted by Gasteiger charge is -2.16. The standard InChI is InChI=1S/C10H22N2O/c1-9(13)3-5-12-6-4-10(8-12)7-11-2/h9-11,13H,3-8H2,1-2H3. The Kier molecular flexibility index (Phi) is 4.70. The fourth-order valence-corrected chi connectivity index (χ4v) is 1.94. The molecule has 1 rings (SSSR count). The van der Waals surface area contributed by atoms with Gasteiger partial charge in [-0.15, -0.1) is 0 Å². The van der Waals surface area contributed by atoms with E-state index in [4.69, 9.17) is 5.11 Å². The van der Waals surface area contributed by atoms with Crippen LogP contribution in [0.3, 0.4) is 0 Å². The molecule has 0 aromatic heterocycles. The van der Waals surface area contributed by atoms with Crippen LogP contribution in [-0.4, -0.2) is 49.3 Å². The Morgan fingerprint density at radius 1 is 1.62 bits per heavy atom. The van der Waals surface area contributed by atoms with Crippen LogP contribution in [0, 0.1) is 5.92 Å². The quantitative estimate of drug-likeness (QED) is 0.648. The summed E-state index contributed by atoms with van der Waals surface area (Å²) < 4.78 is 0. The van der Waals surface area contributed by atoms with E-state index in [0.29, 0.717) is 0 Å². The van der Waals surface area contributed by atoms with Gasteiger partial charge in [-0.25, -0.2) is 0 Å². The molecule has 1 aliphatic rings. The SMILES string of the molecule is CNCC1CCN(CCC(C)O)C1. The molecule has 2 atom stereocenters. The molecule has 1 saturated heterocycles. The topological polar surface area (TPSA) is 35.5 Å². The first kappa shape index (κ1) is 11.0. The predicted octanol–water partition coefficient (Wildman–Crippen LogP) is 0.299. The molecule has 0 aromatic rings. The molecule has 0 bridgehead atoms. The maximum atomic E-state index is 9.14. The van der Waals surface area contributed by atoms with E-state index in [9.17, 15) is 0 Å². The largest absolute Gasteiger partial charge is 0.393 e. The van der Waals surface area contributed by atoms with Gasteiger partial charge < -0.3 is 15.3 Å². The monoisotopic (exact) mass is 186 g/mol. The maximum absolute atomic E-state index is 9.14. The molecule has 1 fully saturated rings. The highest BCUT2D eigenvalue weighted by Gasteiger charge is 2.21. The molecule has 1 heterocycles. The summed E-state index contributed by atoms with van der Waals surface area (Å²) in [5.74, 6) is 0.819. The number of hydrogen-bond donors (Lipinski definition) is 2. The smallest absolute Gasteiger partial charge is 0.0524 e. The number of rotatable bonds is 5. The van der Waals surface area contributed by atoms with Gasteiger partial charge in [0.2, 0.25) is 0 Å². The lowest BCUT2D eigenvalue weighted by Crippen LogP contribution is -2.26. The molecule has 0 radical (unpaired) electrons. The van der Waals surface area contributed by atoms with E-state index in [-0.39, 0.29) is 6.10 Å². The van der Waals surface area contributed by atoms with E-state index < -0.39 is 0 Å². The summed E-state index contributed by atoms with van der Waals surface area (Å²) in [5.41, 5.74) is 0. The van der Waals surface area contributed by atoms with Crippen molar-refractivity contribution in [1.82, 2.24) is 10.2 Å². The molecule has 78 valence electrons. The zero-order valence-corrected chi connectivity index (χ0v) is 8.79. The molecular formula is C10H22N2O. The number of nitrogens with one attached hydrogen (secondary N) is 1. The van der Waals surface area contributed by atoms with Gasteiger partial charge in [0.15, 0.2) is 0 Å². The van der Waals surface area contributed by atoms with Gasteiger partial charge in [-0.3, -0.25) is 0 Å². The van der Waals surface area contributed by atoms with Gasteiger partial charge in [-0.1, -0.05) is 0 Å². The fourth-order valence-electron chi connectivity index (χ4n) is 1.94. The van der Waals surface area contributed by atoms with Crippen molar-refractivity contribution >= 4 is 0 Å². The number of hydrogen-bond acceptors (Lipinski definition) is 3. The zero-order valence-electron chi connectivity index (χ0n) is 8.79. The minimum Gasteiger partial charge on any atom is -0.393 e. The van der Waals surface area contributed by atoms with Crippen LogP contribution in [0.1, 0.15) is 19.8 Å². The van der Waals surface area contributed by atoms with E-state index in [1.165, 1.54) is 19.5 Å². The average Bonchev–Trinajstić information content (AvgIpc) is 2.50. The van der Waals surface area contributed by atoms with Crippen molar-refractivity contribution in [2.45, 2.75) is 25.9 Å². The third kappa shape index (κ3) is 4.07. The number of aliphatic hydroxyl groups excluding tert-OH is 1. The van der Waals surface area contributed by atoms with Crippen LogP contribution in [-0.2, 0) is 0 Å². The second-order valence-corrected chi connectivity index (χ2v) is 4.15. The summed E-state index contributed by atoms with van der Waals surface area (Å²) in [6, 6.07) is 0. The minimum absolute atomic E-state index is 0.150. The molecular weight excluding hydrogens is 164 g/mol. The molecule has 2 N–H and O–H groups in total. The Bertz CT molecular complexity index is 139. The highest BCUT2D eigenvalue weighted by molar-refractivity contribution is 4.76. The first-order chi connectivity index (χ1) is 6.22. The molecule has 0 spiro atoms. The van der Waals surface area contributed by atoms with Crippen LogP contribution >= 0.6 is 0 Å². The summed E-state index contributed by atoms with van der Waals surface area (Å²) in [6.07, 6.45) is 2.07. The summed E-state index contributed by atoms with van der Waals surface area (Å²) in [6.45, 7) is 6.46. The molecule has 0 aromatic carbocycles. The lowest BCUT2D eigenvalue weighted by atomic mass is 10.1. The minimum atomic E-state index is -0.150. The van der Waals surface area contributed by atoms with Gasteiger partial charge in [-0.2, -0.15) is 0 Å². The summed E-state index contributed by atoms with van der Waals surface area (Å²) >= 11 is 0. The van der Waals surface area contributed by atoms with Crippen LogP contribution in [0.2, 0.25) is 0 Å². The van der Waals surface area contributed by atoms with Crippen LogP contribution in [0.4, 0.5) is 0 Å². The first-order valence-corrected chi connectivity index (χ1v) is 5.27. The van der Waals surface area contributed by atoms with Gasteiger partial charge in [0.1, 0.15) is 0 Å². The average molecular weight is 186 g/mol. The molecule has 0 amide bonds. The first-order valence-electron chi connectivity index (χ1n) is 5.27. The Balaban J connectivity index is 2.10. The molecule has 0 saturated carbocycles. The van der Waals surface area contributed by atoms with Crippen LogP contribution in [0.25, 0.3) is 0 Å². The lowest BCUT2D eigenvalue weighted by molar-refractivity contribution is 0.163. The maximum Gasteiger partial charge on any atom is 0.0524 e. The zero-order chi connectivity index (χ0) is 9.68. The van der Waals surface area contributed by atoms with Crippen molar-refractivity contribution in [3.63, 3.8) is 0 Å². The highest BCUT2D eigenvalue weighted by Crippen LogP contribution is 2.15. The van der Waals surface area contributed by atoms with Gasteiger partial charge in [0, 0.05) is 13.1 Å². The summed E-state index contributed by atoms with van der Waals surface area (Å²) in [4.78, 5) is 2.45. The van der Waals surface area contributed by atoms with Crippen LogP contribution in [0.5, 0.6) is 0 Å². The summed E-state index contributed by atoms with van der Waals surface area (Å²) in [7, 11) is 2.01. The van der Waals surface area contributed by atoms with Crippen molar-refractivity contribution in [3.8, 4) is 0 Å². The summed E-state index contributed by atoms with van der Waals surface area (Å²) in [5, 5.41) is 12.4. The highest BCUT2D eigenvalue weighted by atomic mass is 16.3. The third-order valence-corrected chi connectivity index (χ3v) is 2.73. The van der Waals surface area contributed by atoms with Crippen molar-refractivity contribution in [2.24, 2.45) is 5.92 Å². The van der Waals surface area contributed by atoms with E-state index in [0.717, 1.165) is 25.4 Å². The molecule has 0 aliphatic carbocycles. The second-order valence-electron chi connectivity index (χ2n) is 4.15. The van der Waals surface area contributed by atoms with E-state index >= 15 is 0 Å². The number of nitrogens with zero attached hydrogens (tertiary/aromatic N) is 1. The Morgan fingerprint density at radius 2 is 2.38 bits per heavy atom. The predicted molar refractivity (Wildman–Crippen MR) is 54.8 cm³/mol. The van der Waals surface area contributed by atoms with Gasteiger partial charge in [-0.05, 0) is 45.8 Å². The Morgan fingerprint density at radius 3 is 3.00 bits per heavy atom. The van der Waals surface area contributed by atoms with Crippen molar-refractivity contribution in [3.05, 3.63) is 0 Å². The third-order valence-electron chi connectivity index (χ3n) is 2.73. The van der Waals surface area contributed by atoms with E-state index in [1.807, 2.05) is 14.0 Å². The number of aliphatic hydroxyl groups is 1. The van der Waals surface area contributed by atoms with Gasteiger partial charge >= 0.3 is 0 Å². The van der Waals surface area contributed by atoms with Gasteiger partial charge in [0.25, 0.3) is 0 Å². The van der Waals surface area contributed by atoms with E-state index in [1.54, 1.807) is 0 Å².